The van der Waals surface area contributed by atoms with Crippen molar-refractivity contribution in [1.29, 1.82) is 0 Å². The number of benzene rings is 3. The van der Waals surface area contributed by atoms with Crippen LogP contribution < -0.4 is 4.74 Å². The molecule has 1 aliphatic rings. The van der Waals surface area contributed by atoms with Crippen molar-refractivity contribution in [2.75, 3.05) is 0 Å². The van der Waals surface area contributed by atoms with Crippen molar-refractivity contribution < 1.29 is 14.3 Å². The summed E-state index contributed by atoms with van der Waals surface area (Å²) >= 11 is 12.2. The molecule has 4 nitrogen and oxygen atoms in total. The Kier molecular flexibility index (Phi) is 5.65. The molecule has 0 amide bonds. The number of cyclic esters (lactones) is 1. The Labute approximate surface area is 178 Å². The second kappa shape index (κ2) is 8.52. The first-order valence-corrected chi connectivity index (χ1v) is 9.59. The zero-order chi connectivity index (χ0) is 20.2. The van der Waals surface area contributed by atoms with Crippen LogP contribution in [0.2, 0.25) is 10.0 Å². The van der Waals surface area contributed by atoms with Gasteiger partial charge in [0.15, 0.2) is 5.70 Å². The summed E-state index contributed by atoms with van der Waals surface area (Å²) < 4.78 is 11.1. The largest absolute Gasteiger partial charge is 0.489 e. The number of esters is 1. The monoisotopic (exact) mass is 423 g/mol. The molecule has 1 aliphatic heterocycles. The lowest BCUT2D eigenvalue weighted by Crippen LogP contribution is -2.06. The predicted molar refractivity (Wildman–Crippen MR) is 114 cm³/mol. The molecule has 29 heavy (non-hydrogen) atoms. The maximum atomic E-state index is 12.2. The van der Waals surface area contributed by atoms with Crippen LogP contribution in [0.3, 0.4) is 0 Å². The van der Waals surface area contributed by atoms with E-state index in [9.17, 15) is 4.79 Å². The van der Waals surface area contributed by atoms with Gasteiger partial charge in [0.25, 0.3) is 0 Å². The van der Waals surface area contributed by atoms with Crippen molar-refractivity contribution in [2.45, 2.75) is 6.61 Å². The average molecular weight is 424 g/mol. The van der Waals surface area contributed by atoms with Gasteiger partial charge in [0.1, 0.15) is 12.4 Å². The van der Waals surface area contributed by atoms with E-state index in [1.165, 1.54) is 0 Å². The lowest BCUT2D eigenvalue weighted by atomic mass is 10.2. The van der Waals surface area contributed by atoms with Crippen LogP contribution in [0, 0.1) is 0 Å². The second-order valence-corrected chi connectivity index (χ2v) is 7.15. The molecule has 0 atom stereocenters. The lowest BCUT2D eigenvalue weighted by molar-refractivity contribution is -0.129. The van der Waals surface area contributed by atoms with E-state index in [2.05, 4.69) is 4.99 Å². The smallest absolute Gasteiger partial charge is 0.363 e. The zero-order valence-electron chi connectivity index (χ0n) is 15.1. The van der Waals surface area contributed by atoms with Crippen LogP contribution in [0.5, 0.6) is 5.75 Å². The highest BCUT2D eigenvalue weighted by Gasteiger charge is 2.25. The minimum Gasteiger partial charge on any atom is -0.489 e. The SMILES string of the molecule is O=C1OC(c2cc(Cl)ccc2Cl)=NC1=Cc1cccc(OCc2ccccc2)c1. The molecular weight excluding hydrogens is 409 g/mol. The summed E-state index contributed by atoms with van der Waals surface area (Å²) in [6.45, 7) is 0.457. The fourth-order valence-corrected chi connectivity index (χ4v) is 3.15. The average Bonchev–Trinajstić information content (AvgIpc) is 3.09. The normalized spacial score (nSPS) is 14.6. The Bertz CT molecular complexity index is 1120. The molecule has 0 bridgehead atoms. The fourth-order valence-electron chi connectivity index (χ4n) is 2.78. The summed E-state index contributed by atoms with van der Waals surface area (Å²) in [5.74, 6) is 0.272. The van der Waals surface area contributed by atoms with Gasteiger partial charge in [-0.1, -0.05) is 65.7 Å². The maximum Gasteiger partial charge on any atom is 0.363 e. The summed E-state index contributed by atoms with van der Waals surface area (Å²) in [4.78, 5) is 16.5. The number of hydrogen-bond donors (Lipinski definition) is 0. The Morgan fingerprint density at radius 2 is 1.79 bits per heavy atom. The van der Waals surface area contributed by atoms with E-state index in [1.807, 2.05) is 54.6 Å². The number of ether oxygens (including phenoxy) is 2. The van der Waals surface area contributed by atoms with Gasteiger partial charge in [-0.3, -0.25) is 0 Å². The summed E-state index contributed by atoms with van der Waals surface area (Å²) in [5, 5.41) is 0.877. The number of carbonyl (C=O) groups is 1. The quantitative estimate of drug-likeness (QED) is 0.378. The summed E-state index contributed by atoms with van der Waals surface area (Å²) in [7, 11) is 0. The van der Waals surface area contributed by atoms with E-state index in [0.717, 1.165) is 11.1 Å². The fraction of sp³-hybridized carbons (Fsp3) is 0.0435. The standard InChI is InChI=1S/C23H15Cl2NO3/c24-17-9-10-20(25)19(13-17)22-26-21(23(27)29-22)12-16-7-4-8-18(11-16)28-14-15-5-2-1-3-6-15/h1-13H,14H2. The van der Waals surface area contributed by atoms with Crippen molar-refractivity contribution in [1.82, 2.24) is 0 Å². The van der Waals surface area contributed by atoms with Crippen LogP contribution in [0.1, 0.15) is 16.7 Å². The van der Waals surface area contributed by atoms with Crippen molar-refractivity contribution in [3.63, 3.8) is 0 Å². The molecule has 0 radical (unpaired) electrons. The van der Waals surface area contributed by atoms with E-state index in [0.29, 0.717) is 28.0 Å². The van der Waals surface area contributed by atoms with Crippen molar-refractivity contribution in [3.05, 3.63) is 105 Å². The van der Waals surface area contributed by atoms with Gasteiger partial charge in [0.05, 0.1) is 10.6 Å². The van der Waals surface area contributed by atoms with Gasteiger partial charge < -0.3 is 9.47 Å². The Balaban J connectivity index is 1.55. The van der Waals surface area contributed by atoms with Crippen LogP contribution >= 0.6 is 23.2 Å². The number of carbonyl (C=O) groups excluding carboxylic acids is 1. The van der Waals surface area contributed by atoms with Crippen LogP contribution in [-0.4, -0.2) is 11.9 Å². The molecule has 6 heteroatoms. The predicted octanol–water partition coefficient (Wildman–Crippen LogP) is 5.92. The molecule has 0 spiro atoms. The number of halogens is 2. The summed E-state index contributed by atoms with van der Waals surface area (Å²) in [6.07, 6.45) is 1.64. The molecule has 0 saturated carbocycles. The first-order valence-electron chi connectivity index (χ1n) is 8.83. The number of nitrogens with zero attached hydrogens (tertiary/aromatic N) is 1. The molecule has 0 saturated heterocycles. The maximum absolute atomic E-state index is 12.2. The minimum absolute atomic E-state index is 0.130. The topological polar surface area (TPSA) is 47.9 Å². The zero-order valence-corrected chi connectivity index (χ0v) is 16.7. The molecule has 0 unspecified atom stereocenters. The minimum atomic E-state index is -0.549. The lowest BCUT2D eigenvalue weighted by Gasteiger charge is -2.07. The van der Waals surface area contributed by atoms with Crippen molar-refractivity contribution >= 4 is 41.1 Å². The molecule has 4 rings (SSSR count). The summed E-state index contributed by atoms with van der Waals surface area (Å²) in [6, 6.07) is 22.2. The van der Waals surface area contributed by atoms with Gasteiger partial charge in [-0.15, -0.1) is 0 Å². The Morgan fingerprint density at radius 1 is 0.966 bits per heavy atom. The van der Waals surface area contributed by atoms with Gasteiger partial charge in [-0.2, -0.15) is 0 Å². The Morgan fingerprint density at radius 3 is 2.62 bits per heavy atom. The van der Waals surface area contributed by atoms with E-state index < -0.39 is 5.97 Å². The van der Waals surface area contributed by atoms with Gasteiger partial charge in [0, 0.05) is 5.02 Å². The van der Waals surface area contributed by atoms with Gasteiger partial charge >= 0.3 is 5.97 Å². The molecule has 3 aromatic carbocycles. The van der Waals surface area contributed by atoms with E-state index in [4.69, 9.17) is 32.7 Å². The molecular formula is C23H15Cl2NO3. The van der Waals surface area contributed by atoms with Crippen LogP contribution in [0.4, 0.5) is 0 Å². The van der Waals surface area contributed by atoms with E-state index in [1.54, 1.807) is 24.3 Å². The third-order valence-corrected chi connectivity index (χ3v) is 4.75. The van der Waals surface area contributed by atoms with E-state index >= 15 is 0 Å². The third kappa shape index (κ3) is 4.67. The van der Waals surface area contributed by atoms with Crippen molar-refractivity contribution in [3.8, 4) is 5.75 Å². The molecule has 1 heterocycles. The van der Waals surface area contributed by atoms with E-state index in [-0.39, 0.29) is 11.6 Å². The van der Waals surface area contributed by atoms with Crippen LogP contribution in [0.25, 0.3) is 6.08 Å². The number of aliphatic imine (C=N–C) groups is 1. The summed E-state index contributed by atoms with van der Waals surface area (Å²) in [5.41, 5.74) is 2.49. The van der Waals surface area contributed by atoms with Crippen LogP contribution in [0.15, 0.2) is 83.5 Å². The molecule has 0 N–H and O–H groups in total. The van der Waals surface area contributed by atoms with Crippen LogP contribution in [-0.2, 0) is 16.1 Å². The first kappa shape index (κ1) is 19.2. The number of hydrogen-bond acceptors (Lipinski definition) is 4. The highest BCUT2D eigenvalue weighted by molar-refractivity contribution is 6.36. The highest BCUT2D eigenvalue weighted by Crippen LogP contribution is 2.27. The second-order valence-electron chi connectivity index (χ2n) is 6.31. The third-order valence-electron chi connectivity index (χ3n) is 4.19. The number of rotatable bonds is 5. The molecule has 0 aliphatic carbocycles. The molecule has 0 fully saturated rings. The Hall–Kier alpha value is -3.08. The molecule has 0 aromatic heterocycles. The van der Waals surface area contributed by atoms with Gasteiger partial charge in [-0.25, -0.2) is 9.79 Å². The molecule has 3 aromatic rings. The van der Waals surface area contributed by atoms with Gasteiger partial charge in [-0.05, 0) is 47.5 Å². The molecule has 144 valence electrons. The highest BCUT2D eigenvalue weighted by atomic mass is 35.5. The van der Waals surface area contributed by atoms with Crippen molar-refractivity contribution in [2.24, 2.45) is 4.99 Å². The van der Waals surface area contributed by atoms with Gasteiger partial charge in [0.2, 0.25) is 5.90 Å². The first-order chi connectivity index (χ1) is 14.1.